The summed E-state index contributed by atoms with van der Waals surface area (Å²) in [6, 6.07) is 21.6. The lowest BCUT2D eigenvalue weighted by atomic mass is 9.71. The third-order valence-corrected chi connectivity index (χ3v) is 9.78. The molecule has 196 valence electrons. The van der Waals surface area contributed by atoms with Crippen molar-refractivity contribution in [2.75, 3.05) is 7.11 Å². The van der Waals surface area contributed by atoms with E-state index in [4.69, 9.17) is 9.47 Å². The van der Waals surface area contributed by atoms with E-state index in [1.54, 1.807) is 66.7 Å². The molecule has 1 fully saturated rings. The SMILES string of the molecule is COc1cncc2c1C1(O)C(O)[C@H](S(=O)(=O)c3ccccn3)[C@@H](c3ccccc3)[C@]1(c1ccc(C#N)cc1)O2. The van der Waals surface area contributed by atoms with Gasteiger partial charge in [-0.1, -0.05) is 48.5 Å². The minimum atomic E-state index is -4.36. The van der Waals surface area contributed by atoms with Crippen molar-refractivity contribution >= 4 is 9.84 Å². The van der Waals surface area contributed by atoms with Crippen molar-refractivity contribution in [1.82, 2.24) is 9.97 Å². The molecule has 2 aromatic heterocycles. The molecule has 10 heteroatoms. The van der Waals surface area contributed by atoms with Crippen LogP contribution in [-0.2, 0) is 21.0 Å². The second-order valence-electron chi connectivity index (χ2n) is 9.52. The van der Waals surface area contributed by atoms with Crippen LogP contribution in [-0.4, -0.2) is 47.1 Å². The van der Waals surface area contributed by atoms with Gasteiger partial charge in [-0.3, -0.25) is 4.98 Å². The van der Waals surface area contributed by atoms with Gasteiger partial charge in [0, 0.05) is 6.20 Å². The van der Waals surface area contributed by atoms with Crippen molar-refractivity contribution in [3.8, 4) is 17.6 Å². The number of nitrogens with zero attached hydrogens (tertiary/aromatic N) is 3. The van der Waals surface area contributed by atoms with Crippen LogP contribution in [0.2, 0.25) is 0 Å². The van der Waals surface area contributed by atoms with Gasteiger partial charge in [-0.2, -0.15) is 5.26 Å². The molecule has 1 saturated carbocycles. The van der Waals surface area contributed by atoms with Crippen LogP contribution in [0.1, 0.15) is 28.2 Å². The highest BCUT2D eigenvalue weighted by atomic mass is 32.2. The molecular formula is C29H23N3O6S. The molecule has 39 heavy (non-hydrogen) atoms. The summed E-state index contributed by atoms with van der Waals surface area (Å²) in [5.41, 5.74) is -2.82. The number of sulfone groups is 1. The average molecular weight is 542 g/mol. The number of methoxy groups -OCH3 is 1. The Labute approximate surface area is 224 Å². The summed E-state index contributed by atoms with van der Waals surface area (Å²) < 4.78 is 40.7. The van der Waals surface area contributed by atoms with Crippen LogP contribution in [0.25, 0.3) is 0 Å². The van der Waals surface area contributed by atoms with Crippen LogP contribution in [0.4, 0.5) is 0 Å². The van der Waals surface area contributed by atoms with Crippen molar-refractivity contribution in [2.45, 2.75) is 33.5 Å². The number of aliphatic hydroxyl groups is 2. The third kappa shape index (κ3) is 3.27. The Balaban J connectivity index is 1.73. The number of aliphatic hydroxyl groups excluding tert-OH is 1. The molecule has 5 atom stereocenters. The maximum absolute atomic E-state index is 14.3. The molecule has 0 radical (unpaired) electrons. The van der Waals surface area contributed by atoms with Gasteiger partial charge in [-0.05, 0) is 35.4 Å². The molecule has 2 aliphatic rings. The van der Waals surface area contributed by atoms with Gasteiger partial charge in [0.25, 0.3) is 0 Å². The molecule has 1 aliphatic heterocycles. The van der Waals surface area contributed by atoms with Gasteiger partial charge < -0.3 is 19.7 Å². The van der Waals surface area contributed by atoms with Gasteiger partial charge in [0.1, 0.15) is 22.9 Å². The Morgan fingerprint density at radius 3 is 2.38 bits per heavy atom. The van der Waals surface area contributed by atoms with Gasteiger partial charge in [-0.25, -0.2) is 13.4 Å². The number of aromatic nitrogens is 2. The molecule has 0 amide bonds. The summed E-state index contributed by atoms with van der Waals surface area (Å²) in [6.45, 7) is 0. The Kier molecular flexibility index (Phi) is 5.69. The summed E-state index contributed by atoms with van der Waals surface area (Å²) in [4.78, 5) is 8.24. The molecule has 1 aliphatic carbocycles. The molecule has 6 rings (SSSR count). The summed E-state index contributed by atoms with van der Waals surface area (Å²) in [5, 5.41) is 32.4. The normalized spacial score (nSPS) is 27.2. The molecule has 2 aromatic carbocycles. The summed E-state index contributed by atoms with van der Waals surface area (Å²) in [5.74, 6) is -0.849. The van der Waals surface area contributed by atoms with Crippen molar-refractivity contribution in [3.05, 3.63) is 114 Å². The van der Waals surface area contributed by atoms with Crippen molar-refractivity contribution < 1.29 is 28.1 Å². The fourth-order valence-corrected chi connectivity index (χ4v) is 8.13. The van der Waals surface area contributed by atoms with Crippen LogP contribution < -0.4 is 9.47 Å². The van der Waals surface area contributed by atoms with E-state index in [2.05, 4.69) is 16.0 Å². The first kappa shape index (κ1) is 25.0. The minimum absolute atomic E-state index is 0.0940. The predicted octanol–water partition coefficient (Wildman–Crippen LogP) is 2.83. The number of rotatable bonds is 5. The highest BCUT2D eigenvalue weighted by molar-refractivity contribution is 7.92. The van der Waals surface area contributed by atoms with E-state index >= 15 is 0 Å². The molecule has 9 nitrogen and oxygen atoms in total. The Morgan fingerprint density at radius 2 is 1.74 bits per heavy atom. The maximum atomic E-state index is 14.3. The van der Waals surface area contributed by atoms with Crippen LogP contribution in [0.15, 0.2) is 96.4 Å². The highest BCUT2D eigenvalue weighted by Crippen LogP contribution is 2.69. The molecule has 0 saturated heterocycles. The third-order valence-electron chi connectivity index (χ3n) is 7.71. The van der Waals surface area contributed by atoms with Gasteiger partial charge in [0.2, 0.25) is 9.84 Å². The molecule has 2 unspecified atom stereocenters. The summed E-state index contributed by atoms with van der Waals surface area (Å²) in [7, 11) is -2.97. The van der Waals surface area contributed by atoms with Crippen LogP contribution in [0.3, 0.4) is 0 Å². The van der Waals surface area contributed by atoms with Crippen LogP contribution >= 0.6 is 0 Å². The number of fused-ring (bicyclic) bond motifs is 3. The van der Waals surface area contributed by atoms with E-state index < -0.39 is 38.3 Å². The fraction of sp³-hybridized carbons (Fsp3) is 0.207. The second kappa shape index (κ2) is 8.88. The fourth-order valence-electron chi connectivity index (χ4n) is 6.13. The number of pyridine rings is 2. The van der Waals surface area contributed by atoms with Crippen LogP contribution in [0, 0.1) is 11.3 Å². The smallest absolute Gasteiger partial charge is 0.201 e. The van der Waals surface area contributed by atoms with Gasteiger partial charge >= 0.3 is 0 Å². The van der Waals surface area contributed by atoms with E-state index in [0.717, 1.165) is 0 Å². The molecule has 4 aromatic rings. The molecule has 3 heterocycles. The monoisotopic (exact) mass is 541 g/mol. The number of hydrogen-bond donors (Lipinski definition) is 2. The zero-order valence-electron chi connectivity index (χ0n) is 20.7. The summed E-state index contributed by atoms with van der Waals surface area (Å²) in [6.07, 6.45) is 2.25. The van der Waals surface area contributed by atoms with Gasteiger partial charge in [-0.15, -0.1) is 0 Å². The lowest BCUT2D eigenvalue weighted by Gasteiger charge is -2.40. The van der Waals surface area contributed by atoms with Crippen molar-refractivity contribution in [2.24, 2.45) is 0 Å². The zero-order valence-corrected chi connectivity index (χ0v) is 21.5. The standard InChI is InChI=1S/C29H23N3O6S/c1-37-21-16-31-17-22-25(21)28(34)27(33)26(39(35,36)23-9-5-6-14-32-23)24(19-7-3-2-4-8-19)29(28,38-22)20-12-10-18(15-30)11-13-20/h2-14,16-17,24,26-27,33-34H,1H3/t24-,26-,27?,28?,29+/m1/s1. The second-order valence-corrected chi connectivity index (χ2v) is 11.6. The van der Waals surface area contributed by atoms with E-state index in [0.29, 0.717) is 16.7 Å². The molecule has 0 bridgehead atoms. The first-order valence-corrected chi connectivity index (χ1v) is 13.7. The largest absolute Gasteiger partial charge is 0.495 e. The molecular weight excluding hydrogens is 518 g/mol. The minimum Gasteiger partial charge on any atom is -0.495 e. The highest BCUT2D eigenvalue weighted by Gasteiger charge is 2.79. The van der Waals surface area contributed by atoms with E-state index in [1.807, 2.05) is 0 Å². The van der Waals surface area contributed by atoms with E-state index in [-0.39, 0.29) is 22.1 Å². The predicted molar refractivity (Wildman–Crippen MR) is 139 cm³/mol. The Bertz CT molecular complexity index is 1690. The van der Waals surface area contributed by atoms with Gasteiger partial charge in [0.15, 0.2) is 16.2 Å². The lowest BCUT2D eigenvalue weighted by molar-refractivity contribution is -0.149. The number of hydrogen-bond acceptors (Lipinski definition) is 9. The average Bonchev–Trinajstić information content (AvgIpc) is 3.37. The summed E-state index contributed by atoms with van der Waals surface area (Å²) >= 11 is 0. The number of ether oxygens (including phenoxy) is 2. The molecule has 0 spiro atoms. The Hall–Kier alpha value is -4.30. The van der Waals surface area contributed by atoms with E-state index in [1.165, 1.54) is 31.8 Å². The van der Waals surface area contributed by atoms with Gasteiger partial charge in [0.05, 0.1) is 42.6 Å². The molecule has 2 N–H and O–H groups in total. The zero-order chi connectivity index (χ0) is 27.4. The van der Waals surface area contributed by atoms with Crippen LogP contribution in [0.5, 0.6) is 11.5 Å². The van der Waals surface area contributed by atoms with E-state index in [9.17, 15) is 23.9 Å². The van der Waals surface area contributed by atoms with Crippen molar-refractivity contribution in [3.63, 3.8) is 0 Å². The first-order chi connectivity index (χ1) is 18.8. The maximum Gasteiger partial charge on any atom is 0.201 e. The number of benzene rings is 2. The van der Waals surface area contributed by atoms with Crippen molar-refractivity contribution in [1.29, 1.82) is 5.26 Å². The topological polar surface area (TPSA) is 143 Å². The Morgan fingerprint density at radius 1 is 1.03 bits per heavy atom. The lowest BCUT2D eigenvalue weighted by Crippen LogP contribution is -2.52. The first-order valence-electron chi connectivity index (χ1n) is 12.1. The quantitative estimate of drug-likeness (QED) is 0.390. The number of nitriles is 1.